The molecule has 0 bridgehead atoms. The zero-order chi connectivity index (χ0) is 21.1. The fraction of sp³-hybridized carbons (Fsp3) is 0.217. The van der Waals surface area contributed by atoms with Crippen LogP contribution in [0.25, 0.3) is 22.3 Å². The largest absolute Gasteiger partial charge is 0.487 e. The van der Waals surface area contributed by atoms with E-state index in [1.54, 1.807) is 13.2 Å². The molecule has 0 aliphatic heterocycles. The van der Waals surface area contributed by atoms with Crippen LogP contribution in [0.4, 0.5) is 0 Å². The van der Waals surface area contributed by atoms with E-state index in [0.29, 0.717) is 35.0 Å². The van der Waals surface area contributed by atoms with Crippen LogP contribution in [0.5, 0.6) is 5.75 Å². The standard InChI is InChI=1S/C23H21NO6/c1-14-6-19(10-21-23(14)17(12-29-21)8-22(25)26)28-13-18-9-20(30-24-18)16-5-3-4-15(7-16)11-27-2/h3-7,9-10,12H,8,11,13H2,1-2H3,(H,25,26). The molecule has 2 aromatic carbocycles. The van der Waals surface area contributed by atoms with Crippen LogP contribution in [0.15, 0.2) is 57.7 Å². The highest BCUT2D eigenvalue weighted by molar-refractivity contribution is 5.89. The molecule has 1 N–H and O–H groups in total. The minimum atomic E-state index is -0.896. The maximum atomic E-state index is 11.0. The van der Waals surface area contributed by atoms with E-state index < -0.39 is 5.97 Å². The van der Waals surface area contributed by atoms with Crippen LogP contribution in [-0.4, -0.2) is 23.3 Å². The summed E-state index contributed by atoms with van der Waals surface area (Å²) in [7, 11) is 1.66. The molecule has 0 amide bonds. The lowest BCUT2D eigenvalue weighted by Crippen LogP contribution is -1.99. The van der Waals surface area contributed by atoms with Gasteiger partial charge in [0.1, 0.15) is 23.6 Å². The SMILES string of the molecule is COCc1cccc(-c2cc(COc3cc(C)c4c(CC(=O)O)coc4c3)no2)c1. The maximum Gasteiger partial charge on any atom is 0.307 e. The zero-order valence-electron chi connectivity index (χ0n) is 16.7. The number of aromatic nitrogens is 1. The number of hydrogen-bond donors (Lipinski definition) is 1. The Balaban J connectivity index is 1.48. The molecule has 0 saturated heterocycles. The molecule has 0 saturated carbocycles. The number of fused-ring (bicyclic) bond motifs is 1. The van der Waals surface area contributed by atoms with Gasteiger partial charge in [0, 0.05) is 35.8 Å². The number of aliphatic carboxylic acids is 1. The van der Waals surface area contributed by atoms with Crippen molar-refractivity contribution in [2.24, 2.45) is 0 Å². The molecule has 0 spiro atoms. The molecule has 0 fully saturated rings. The Labute approximate surface area is 172 Å². The molecule has 7 heteroatoms. The van der Waals surface area contributed by atoms with Crippen molar-refractivity contribution in [3.63, 3.8) is 0 Å². The Kier molecular flexibility index (Phi) is 5.54. The van der Waals surface area contributed by atoms with Crippen LogP contribution >= 0.6 is 0 Å². The van der Waals surface area contributed by atoms with Crippen LogP contribution in [0.2, 0.25) is 0 Å². The molecule has 0 radical (unpaired) electrons. The van der Waals surface area contributed by atoms with E-state index in [9.17, 15) is 4.79 Å². The third kappa shape index (κ3) is 4.21. The van der Waals surface area contributed by atoms with Crippen LogP contribution in [-0.2, 0) is 29.2 Å². The molecule has 0 unspecified atom stereocenters. The molecule has 2 aromatic heterocycles. The summed E-state index contributed by atoms with van der Waals surface area (Å²) in [4.78, 5) is 11.0. The summed E-state index contributed by atoms with van der Waals surface area (Å²) in [6.07, 6.45) is 1.40. The highest BCUT2D eigenvalue weighted by Gasteiger charge is 2.14. The van der Waals surface area contributed by atoms with E-state index in [1.807, 2.05) is 43.3 Å². The highest BCUT2D eigenvalue weighted by atomic mass is 16.5. The summed E-state index contributed by atoms with van der Waals surface area (Å²) >= 11 is 0. The smallest absolute Gasteiger partial charge is 0.307 e. The van der Waals surface area contributed by atoms with Crippen LogP contribution in [0.1, 0.15) is 22.4 Å². The summed E-state index contributed by atoms with van der Waals surface area (Å²) in [6.45, 7) is 2.66. The topological polar surface area (TPSA) is 94.9 Å². The van der Waals surface area contributed by atoms with Gasteiger partial charge in [-0.3, -0.25) is 4.79 Å². The molecule has 0 aliphatic carbocycles. The van der Waals surface area contributed by atoms with Crippen molar-refractivity contribution in [1.29, 1.82) is 0 Å². The number of aryl methyl sites for hydroxylation is 1. The van der Waals surface area contributed by atoms with Gasteiger partial charge in [0.15, 0.2) is 5.76 Å². The first-order valence-corrected chi connectivity index (χ1v) is 9.42. The van der Waals surface area contributed by atoms with Crippen molar-refractivity contribution in [2.45, 2.75) is 26.6 Å². The normalized spacial score (nSPS) is 11.1. The lowest BCUT2D eigenvalue weighted by atomic mass is 10.1. The van der Waals surface area contributed by atoms with Crippen molar-refractivity contribution >= 4 is 16.9 Å². The number of rotatable bonds is 8. The summed E-state index contributed by atoms with van der Waals surface area (Å²) in [5.74, 6) is 0.373. The molecule has 0 atom stereocenters. The summed E-state index contributed by atoms with van der Waals surface area (Å²) in [5, 5.41) is 13.9. The second-order valence-corrected chi connectivity index (χ2v) is 7.05. The van der Waals surface area contributed by atoms with E-state index in [2.05, 4.69) is 5.16 Å². The molecule has 0 aliphatic rings. The van der Waals surface area contributed by atoms with Gasteiger partial charge in [0.2, 0.25) is 0 Å². The van der Waals surface area contributed by atoms with E-state index in [4.69, 9.17) is 23.5 Å². The zero-order valence-corrected chi connectivity index (χ0v) is 16.7. The number of carboxylic acid groups (broad SMARTS) is 1. The minimum absolute atomic E-state index is 0.0820. The van der Waals surface area contributed by atoms with Gasteiger partial charge in [-0.25, -0.2) is 0 Å². The van der Waals surface area contributed by atoms with E-state index >= 15 is 0 Å². The molecule has 2 heterocycles. The minimum Gasteiger partial charge on any atom is -0.487 e. The Morgan fingerprint density at radius 3 is 2.83 bits per heavy atom. The molecule has 7 nitrogen and oxygen atoms in total. The van der Waals surface area contributed by atoms with Crippen LogP contribution < -0.4 is 4.74 Å². The predicted octanol–water partition coefficient (Wildman–Crippen LogP) is 4.75. The summed E-state index contributed by atoms with van der Waals surface area (Å²) < 4.78 is 22.0. The Morgan fingerprint density at radius 1 is 1.17 bits per heavy atom. The van der Waals surface area contributed by atoms with Crippen molar-refractivity contribution in [1.82, 2.24) is 5.16 Å². The second kappa shape index (κ2) is 8.42. The van der Waals surface area contributed by atoms with E-state index in [0.717, 1.165) is 22.1 Å². The van der Waals surface area contributed by atoms with Gasteiger partial charge in [0.05, 0.1) is 19.3 Å². The first-order valence-electron chi connectivity index (χ1n) is 9.42. The molecule has 4 rings (SSSR count). The Morgan fingerprint density at radius 2 is 2.03 bits per heavy atom. The average molecular weight is 407 g/mol. The number of furan rings is 1. The molecule has 154 valence electrons. The number of carboxylic acids is 1. The number of nitrogens with zero attached hydrogens (tertiary/aromatic N) is 1. The van der Waals surface area contributed by atoms with Gasteiger partial charge in [-0.05, 0) is 30.2 Å². The van der Waals surface area contributed by atoms with Crippen molar-refractivity contribution in [3.05, 3.63) is 71.1 Å². The quantitative estimate of drug-likeness (QED) is 0.450. The van der Waals surface area contributed by atoms with Gasteiger partial charge in [-0.1, -0.05) is 23.4 Å². The number of methoxy groups -OCH3 is 1. The monoisotopic (exact) mass is 407 g/mol. The molecule has 30 heavy (non-hydrogen) atoms. The Bertz CT molecular complexity index is 1190. The Hall–Kier alpha value is -3.58. The molecular formula is C23H21NO6. The van der Waals surface area contributed by atoms with Crippen molar-refractivity contribution in [3.8, 4) is 17.1 Å². The van der Waals surface area contributed by atoms with Crippen molar-refractivity contribution < 1.29 is 28.3 Å². The number of ether oxygens (including phenoxy) is 2. The highest BCUT2D eigenvalue weighted by Crippen LogP contribution is 2.30. The van der Waals surface area contributed by atoms with E-state index in [-0.39, 0.29) is 13.0 Å². The predicted molar refractivity (Wildman–Crippen MR) is 109 cm³/mol. The van der Waals surface area contributed by atoms with Crippen molar-refractivity contribution in [2.75, 3.05) is 7.11 Å². The second-order valence-electron chi connectivity index (χ2n) is 7.05. The maximum absolute atomic E-state index is 11.0. The molecule has 4 aromatic rings. The fourth-order valence-electron chi connectivity index (χ4n) is 3.45. The first kappa shape index (κ1) is 19.7. The third-order valence-corrected chi connectivity index (χ3v) is 4.73. The summed E-state index contributed by atoms with van der Waals surface area (Å²) in [5.41, 5.74) is 4.76. The van der Waals surface area contributed by atoms with Gasteiger partial charge >= 0.3 is 5.97 Å². The average Bonchev–Trinajstić information content (AvgIpc) is 3.34. The van der Waals surface area contributed by atoms with E-state index in [1.165, 1.54) is 6.26 Å². The van der Waals surface area contributed by atoms with Gasteiger partial charge in [0.25, 0.3) is 0 Å². The lowest BCUT2D eigenvalue weighted by Gasteiger charge is -2.06. The molecular weight excluding hydrogens is 386 g/mol. The van der Waals surface area contributed by atoms with Crippen LogP contribution in [0.3, 0.4) is 0 Å². The number of benzene rings is 2. The third-order valence-electron chi connectivity index (χ3n) is 4.73. The van der Waals surface area contributed by atoms with Gasteiger partial charge < -0.3 is 23.5 Å². The number of carbonyl (C=O) groups is 1. The van der Waals surface area contributed by atoms with Crippen LogP contribution in [0, 0.1) is 6.92 Å². The lowest BCUT2D eigenvalue weighted by molar-refractivity contribution is -0.136. The number of hydrogen-bond acceptors (Lipinski definition) is 6. The summed E-state index contributed by atoms with van der Waals surface area (Å²) in [6, 6.07) is 13.3. The fourth-order valence-corrected chi connectivity index (χ4v) is 3.45. The van der Waals surface area contributed by atoms with Gasteiger partial charge in [-0.15, -0.1) is 0 Å². The van der Waals surface area contributed by atoms with Gasteiger partial charge in [-0.2, -0.15) is 0 Å². The first-order chi connectivity index (χ1) is 14.5.